The highest BCUT2D eigenvalue weighted by atomic mass is 35.5. The summed E-state index contributed by atoms with van der Waals surface area (Å²) in [7, 11) is -3.68. The normalized spacial score (nSPS) is 13.7. The fourth-order valence-electron chi connectivity index (χ4n) is 3.35. The molecule has 0 saturated heterocycles. The third-order valence-electron chi connectivity index (χ3n) is 4.64. The van der Waals surface area contributed by atoms with E-state index in [-0.39, 0.29) is 11.9 Å². The number of amides is 1. The van der Waals surface area contributed by atoms with Crippen LogP contribution in [0.4, 0.5) is 5.69 Å². The van der Waals surface area contributed by atoms with Crippen LogP contribution >= 0.6 is 11.6 Å². The van der Waals surface area contributed by atoms with E-state index < -0.39 is 16.1 Å². The summed E-state index contributed by atoms with van der Waals surface area (Å²) in [4.78, 5) is 13.2. The van der Waals surface area contributed by atoms with Crippen LogP contribution in [0.5, 0.6) is 0 Å². The third kappa shape index (κ3) is 6.47. The molecule has 2 rings (SSSR count). The molecule has 2 atom stereocenters. The molecule has 0 spiro atoms. The number of benzene rings is 2. The Morgan fingerprint density at radius 2 is 1.66 bits per heavy atom. The minimum atomic E-state index is -3.68. The first-order valence-electron chi connectivity index (χ1n) is 9.73. The molecular weight excluding hydrogens is 408 g/mol. The van der Waals surface area contributed by atoms with Crippen LogP contribution in [0.15, 0.2) is 54.6 Å². The van der Waals surface area contributed by atoms with E-state index in [1.165, 1.54) is 4.31 Å². The maximum Gasteiger partial charge on any atom is 0.244 e. The number of nitrogens with zero attached hydrogens (tertiary/aromatic N) is 1. The summed E-state index contributed by atoms with van der Waals surface area (Å²) in [6, 6.07) is 15.2. The van der Waals surface area contributed by atoms with Gasteiger partial charge in [-0.2, -0.15) is 0 Å². The van der Waals surface area contributed by atoms with Crippen LogP contribution in [0.25, 0.3) is 0 Å². The zero-order valence-electron chi connectivity index (χ0n) is 17.3. The van der Waals surface area contributed by atoms with Crippen LogP contribution in [-0.2, 0) is 14.8 Å². The summed E-state index contributed by atoms with van der Waals surface area (Å²) < 4.78 is 26.3. The van der Waals surface area contributed by atoms with Gasteiger partial charge in [-0.25, -0.2) is 8.42 Å². The largest absolute Gasteiger partial charge is 0.347 e. The molecule has 0 radical (unpaired) electrons. The fourth-order valence-corrected chi connectivity index (χ4v) is 4.69. The van der Waals surface area contributed by atoms with Gasteiger partial charge >= 0.3 is 0 Å². The molecule has 7 heteroatoms. The summed E-state index contributed by atoms with van der Waals surface area (Å²) in [5.74, 6) is 0.0465. The lowest BCUT2D eigenvalue weighted by Crippen LogP contribution is -2.50. The number of carbonyl (C=O) groups excluding carboxylic acids is 1. The molecule has 2 aromatic rings. The number of hydrogen-bond acceptors (Lipinski definition) is 3. The molecule has 29 heavy (non-hydrogen) atoms. The zero-order chi connectivity index (χ0) is 21.6. The van der Waals surface area contributed by atoms with Crippen LogP contribution in [0.3, 0.4) is 0 Å². The monoisotopic (exact) mass is 436 g/mol. The molecule has 5 nitrogen and oxygen atoms in total. The predicted molar refractivity (Wildman–Crippen MR) is 120 cm³/mol. The van der Waals surface area contributed by atoms with Gasteiger partial charge in [0.25, 0.3) is 0 Å². The fraction of sp³-hybridized carbons (Fsp3) is 0.409. The number of halogens is 1. The summed E-state index contributed by atoms with van der Waals surface area (Å²) in [6.45, 7) is 5.99. The van der Waals surface area contributed by atoms with Gasteiger partial charge in [0, 0.05) is 5.02 Å². The highest BCUT2D eigenvalue weighted by Gasteiger charge is 2.32. The van der Waals surface area contributed by atoms with E-state index in [1.54, 1.807) is 31.2 Å². The van der Waals surface area contributed by atoms with Crippen LogP contribution in [0.1, 0.15) is 45.2 Å². The molecule has 1 amide bonds. The minimum Gasteiger partial charge on any atom is -0.347 e. The summed E-state index contributed by atoms with van der Waals surface area (Å²) in [5.41, 5.74) is 1.42. The van der Waals surface area contributed by atoms with Gasteiger partial charge in [0.05, 0.1) is 18.0 Å². The van der Waals surface area contributed by atoms with Crippen molar-refractivity contribution in [1.29, 1.82) is 0 Å². The molecular formula is C22H29ClN2O3S. The molecule has 0 heterocycles. The van der Waals surface area contributed by atoms with Crippen molar-refractivity contribution in [1.82, 2.24) is 5.32 Å². The summed E-state index contributed by atoms with van der Waals surface area (Å²) in [6.07, 6.45) is 2.21. The Morgan fingerprint density at radius 1 is 1.07 bits per heavy atom. The van der Waals surface area contributed by atoms with Gasteiger partial charge in [-0.05, 0) is 48.6 Å². The van der Waals surface area contributed by atoms with Gasteiger partial charge in [0.15, 0.2) is 0 Å². The molecule has 0 aliphatic carbocycles. The Morgan fingerprint density at radius 3 is 2.14 bits per heavy atom. The number of rotatable bonds is 9. The molecule has 1 N–H and O–H groups in total. The number of nitrogens with one attached hydrogen (secondary N) is 1. The van der Waals surface area contributed by atoms with Crippen molar-refractivity contribution in [2.24, 2.45) is 5.92 Å². The van der Waals surface area contributed by atoms with Crippen molar-refractivity contribution >= 4 is 33.2 Å². The number of carbonyl (C=O) groups is 1. The van der Waals surface area contributed by atoms with E-state index in [9.17, 15) is 13.2 Å². The zero-order valence-corrected chi connectivity index (χ0v) is 18.9. The topological polar surface area (TPSA) is 66.5 Å². The van der Waals surface area contributed by atoms with E-state index in [0.717, 1.165) is 18.2 Å². The molecule has 0 aliphatic rings. The highest BCUT2D eigenvalue weighted by molar-refractivity contribution is 7.92. The van der Waals surface area contributed by atoms with Crippen molar-refractivity contribution < 1.29 is 13.2 Å². The second-order valence-electron chi connectivity index (χ2n) is 7.56. The molecule has 0 aromatic heterocycles. The van der Waals surface area contributed by atoms with Gasteiger partial charge in [-0.15, -0.1) is 0 Å². The molecule has 158 valence electrons. The van der Waals surface area contributed by atoms with Crippen molar-refractivity contribution in [3.8, 4) is 0 Å². The van der Waals surface area contributed by atoms with Gasteiger partial charge in [-0.1, -0.05) is 62.7 Å². The summed E-state index contributed by atoms with van der Waals surface area (Å²) in [5, 5.41) is 3.58. The minimum absolute atomic E-state index is 0.190. The van der Waals surface area contributed by atoms with Crippen molar-refractivity contribution in [3.05, 3.63) is 65.2 Å². The molecule has 0 aliphatic heterocycles. The lowest BCUT2D eigenvalue weighted by Gasteiger charge is -2.32. The van der Waals surface area contributed by atoms with E-state index in [1.807, 2.05) is 30.3 Å². The number of anilines is 1. The van der Waals surface area contributed by atoms with E-state index >= 15 is 0 Å². The Labute approximate surface area is 179 Å². The van der Waals surface area contributed by atoms with E-state index in [0.29, 0.717) is 23.0 Å². The van der Waals surface area contributed by atoms with Crippen LogP contribution in [-0.4, -0.2) is 26.6 Å². The van der Waals surface area contributed by atoms with Crippen LogP contribution < -0.4 is 9.62 Å². The van der Waals surface area contributed by atoms with Gasteiger partial charge in [0.2, 0.25) is 15.9 Å². The van der Waals surface area contributed by atoms with E-state index in [4.69, 9.17) is 11.6 Å². The Kier molecular flexibility index (Phi) is 8.11. The second kappa shape index (κ2) is 10.1. The predicted octanol–water partition coefficient (Wildman–Crippen LogP) is 4.79. The summed E-state index contributed by atoms with van der Waals surface area (Å²) >= 11 is 5.94. The quantitative estimate of drug-likeness (QED) is 0.614. The van der Waals surface area contributed by atoms with Crippen molar-refractivity contribution in [3.63, 3.8) is 0 Å². The average molecular weight is 437 g/mol. The van der Waals surface area contributed by atoms with Crippen molar-refractivity contribution in [2.45, 2.75) is 45.7 Å². The lowest BCUT2D eigenvalue weighted by atomic mass is 9.96. The van der Waals surface area contributed by atoms with Crippen molar-refractivity contribution in [2.75, 3.05) is 10.6 Å². The standard InChI is InChI=1S/C22H29ClN2O3S/c1-5-21(25(29(4,27)28)19-13-11-18(23)12-14-19)22(26)24-20(15-16(2)3)17-9-7-6-8-10-17/h6-14,16,20-21H,5,15H2,1-4H3,(H,24,26)/t20-,21+/m0/s1. The second-order valence-corrected chi connectivity index (χ2v) is 9.86. The smallest absolute Gasteiger partial charge is 0.244 e. The molecule has 2 aromatic carbocycles. The van der Waals surface area contributed by atoms with Gasteiger partial charge in [-0.3, -0.25) is 9.10 Å². The molecule has 0 unspecified atom stereocenters. The van der Waals surface area contributed by atoms with Gasteiger partial charge in [0.1, 0.15) is 6.04 Å². The average Bonchev–Trinajstić information content (AvgIpc) is 2.65. The number of sulfonamides is 1. The Balaban J connectivity index is 2.35. The molecule has 0 saturated carbocycles. The first-order chi connectivity index (χ1) is 13.6. The molecule has 0 bridgehead atoms. The lowest BCUT2D eigenvalue weighted by molar-refractivity contribution is -0.123. The van der Waals surface area contributed by atoms with Crippen LogP contribution in [0.2, 0.25) is 5.02 Å². The maximum atomic E-state index is 13.2. The maximum absolute atomic E-state index is 13.2. The van der Waals surface area contributed by atoms with Gasteiger partial charge < -0.3 is 5.32 Å². The Bertz CT molecular complexity index is 899. The first kappa shape index (κ1) is 23.2. The SMILES string of the molecule is CC[C@H](C(=O)N[C@@H](CC(C)C)c1ccccc1)N(c1ccc(Cl)cc1)S(C)(=O)=O. The van der Waals surface area contributed by atoms with E-state index in [2.05, 4.69) is 19.2 Å². The number of hydrogen-bond donors (Lipinski definition) is 1. The van der Waals surface area contributed by atoms with Crippen LogP contribution in [0, 0.1) is 5.92 Å². The third-order valence-corrected chi connectivity index (χ3v) is 6.07. The first-order valence-corrected chi connectivity index (χ1v) is 12.0. The highest BCUT2D eigenvalue weighted by Crippen LogP contribution is 2.26. The Hall–Kier alpha value is -2.05. The molecule has 0 fully saturated rings.